The molecule has 2 rings (SSSR count). The number of carbonyl (C=O) groups excluding carboxylic acids is 1. The van der Waals surface area contributed by atoms with Crippen LogP contribution in [0.3, 0.4) is 0 Å². The summed E-state index contributed by atoms with van der Waals surface area (Å²) in [6.45, 7) is 6.01. The molecule has 1 amide bonds. The Balaban J connectivity index is 2.19. The number of hydrogen-bond donors (Lipinski definition) is 1. The Morgan fingerprint density at radius 1 is 1.12 bits per heavy atom. The molecule has 2 heteroatoms. The summed E-state index contributed by atoms with van der Waals surface area (Å²) >= 11 is 0. The van der Waals surface area contributed by atoms with Crippen molar-refractivity contribution in [2.45, 2.75) is 52.0 Å². The second-order valence-electron chi connectivity index (χ2n) is 5.89. The van der Waals surface area contributed by atoms with Crippen LogP contribution >= 0.6 is 0 Å². The van der Waals surface area contributed by atoms with E-state index in [1.54, 1.807) is 0 Å². The van der Waals surface area contributed by atoms with Crippen LogP contribution in [0, 0.1) is 0 Å². The Bertz CT molecular complexity index is 429. The Morgan fingerprint density at radius 2 is 1.76 bits per heavy atom. The first-order valence-electron chi connectivity index (χ1n) is 6.40. The molecule has 0 fully saturated rings. The highest BCUT2D eigenvalue weighted by atomic mass is 16.1. The van der Waals surface area contributed by atoms with Gasteiger partial charge in [-0.25, -0.2) is 0 Å². The van der Waals surface area contributed by atoms with E-state index in [0.717, 1.165) is 18.4 Å². The number of amides is 1. The number of benzene rings is 1. The van der Waals surface area contributed by atoms with Gasteiger partial charge in [0.2, 0.25) is 0 Å². The van der Waals surface area contributed by atoms with Crippen molar-refractivity contribution >= 4 is 5.91 Å². The molecule has 17 heavy (non-hydrogen) atoms. The van der Waals surface area contributed by atoms with E-state index in [0.29, 0.717) is 0 Å². The van der Waals surface area contributed by atoms with Gasteiger partial charge in [0.15, 0.2) is 0 Å². The molecule has 0 saturated heterocycles. The van der Waals surface area contributed by atoms with Gasteiger partial charge in [-0.15, -0.1) is 0 Å². The Hall–Kier alpha value is -1.31. The lowest BCUT2D eigenvalue weighted by atomic mass is 9.90. The first-order chi connectivity index (χ1) is 7.96. The molecule has 1 aliphatic rings. The van der Waals surface area contributed by atoms with Gasteiger partial charge >= 0.3 is 0 Å². The molecule has 1 aromatic rings. The molecule has 0 aliphatic heterocycles. The molecule has 0 aromatic heterocycles. The maximum absolute atomic E-state index is 12.0. The van der Waals surface area contributed by atoms with Gasteiger partial charge in [-0.05, 0) is 69.7 Å². The van der Waals surface area contributed by atoms with E-state index < -0.39 is 0 Å². The predicted octanol–water partition coefficient (Wildman–Crippen LogP) is 3.09. The molecule has 0 spiro atoms. The van der Waals surface area contributed by atoms with Gasteiger partial charge in [0.05, 0.1) is 0 Å². The van der Waals surface area contributed by atoms with E-state index >= 15 is 0 Å². The zero-order chi connectivity index (χ0) is 12.5. The molecular formula is C15H21NO. The first-order valence-corrected chi connectivity index (χ1v) is 6.40. The quantitative estimate of drug-likeness (QED) is 0.790. The first kappa shape index (κ1) is 12.2. The van der Waals surface area contributed by atoms with Crippen LogP contribution < -0.4 is 5.32 Å². The zero-order valence-corrected chi connectivity index (χ0v) is 11.0. The third-order valence-corrected chi connectivity index (χ3v) is 3.10. The minimum Gasteiger partial charge on any atom is -0.347 e. The standard InChI is InChI=1S/C15H21NO/c1-15(2,3)16-14(17)13-9-8-11-6-4-5-7-12(11)10-13/h8-10H,4-7H2,1-3H3,(H,16,17). The van der Waals surface area contributed by atoms with Crippen LogP contribution in [-0.2, 0) is 12.8 Å². The second kappa shape index (κ2) is 4.52. The molecule has 92 valence electrons. The zero-order valence-electron chi connectivity index (χ0n) is 11.0. The summed E-state index contributed by atoms with van der Waals surface area (Å²) < 4.78 is 0. The number of aryl methyl sites for hydroxylation is 2. The van der Waals surface area contributed by atoms with Crippen molar-refractivity contribution in [3.05, 3.63) is 34.9 Å². The second-order valence-corrected chi connectivity index (χ2v) is 5.89. The van der Waals surface area contributed by atoms with Crippen molar-refractivity contribution < 1.29 is 4.79 Å². The lowest BCUT2D eigenvalue weighted by Crippen LogP contribution is -2.40. The van der Waals surface area contributed by atoms with Crippen molar-refractivity contribution in [3.8, 4) is 0 Å². The third kappa shape index (κ3) is 3.09. The van der Waals surface area contributed by atoms with E-state index in [2.05, 4.69) is 17.4 Å². The van der Waals surface area contributed by atoms with E-state index in [-0.39, 0.29) is 11.4 Å². The van der Waals surface area contributed by atoms with E-state index in [9.17, 15) is 4.79 Å². The largest absolute Gasteiger partial charge is 0.347 e. The van der Waals surface area contributed by atoms with Crippen LogP contribution in [0.4, 0.5) is 0 Å². The number of hydrogen-bond acceptors (Lipinski definition) is 1. The van der Waals surface area contributed by atoms with Crippen LogP contribution in [0.5, 0.6) is 0 Å². The van der Waals surface area contributed by atoms with Gasteiger partial charge in [0.1, 0.15) is 0 Å². The van der Waals surface area contributed by atoms with Gasteiger partial charge in [0, 0.05) is 11.1 Å². The van der Waals surface area contributed by atoms with E-state index in [4.69, 9.17) is 0 Å². The van der Waals surface area contributed by atoms with E-state index in [1.165, 1.54) is 24.0 Å². The van der Waals surface area contributed by atoms with Crippen LogP contribution in [0.1, 0.15) is 55.1 Å². The van der Waals surface area contributed by atoms with Crippen molar-refractivity contribution in [3.63, 3.8) is 0 Å². The summed E-state index contributed by atoms with van der Waals surface area (Å²) in [6.07, 6.45) is 4.81. The Morgan fingerprint density at radius 3 is 2.41 bits per heavy atom. The number of fused-ring (bicyclic) bond motifs is 1. The molecular weight excluding hydrogens is 210 g/mol. The van der Waals surface area contributed by atoms with Gasteiger partial charge in [0.25, 0.3) is 5.91 Å². The lowest BCUT2D eigenvalue weighted by molar-refractivity contribution is 0.0919. The maximum Gasteiger partial charge on any atom is 0.251 e. The van der Waals surface area contributed by atoms with Crippen molar-refractivity contribution in [1.29, 1.82) is 0 Å². The van der Waals surface area contributed by atoms with Crippen LogP contribution in [0.25, 0.3) is 0 Å². The fourth-order valence-corrected chi connectivity index (χ4v) is 2.29. The molecule has 1 aliphatic carbocycles. The predicted molar refractivity (Wildman–Crippen MR) is 70.3 cm³/mol. The summed E-state index contributed by atoms with van der Waals surface area (Å²) in [6, 6.07) is 6.13. The molecule has 1 N–H and O–H groups in total. The highest BCUT2D eigenvalue weighted by Crippen LogP contribution is 2.22. The van der Waals surface area contributed by atoms with E-state index in [1.807, 2.05) is 26.8 Å². The van der Waals surface area contributed by atoms with Crippen LogP contribution in [-0.4, -0.2) is 11.4 Å². The highest BCUT2D eigenvalue weighted by molar-refractivity contribution is 5.94. The number of carbonyl (C=O) groups is 1. The summed E-state index contributed by atoms with van der Waals surface area (Å²) in [5, 5.41) is 3.00. The highest BCUT2D eigenvalue weighted by Gasteiger charge is 2.17. The average Bonchev–Trinajstić information content (AvgIpc) is 2.26. The number of rotatable bonds is 1. The molecule has 0 atom stereocenters. The molecule has 0 unspecified atom stereocenters. The molecule has 0 bridgehead atoms. The summed E-state index contributed by atoms with van der Waals surface area (Å²) in [5.74, 6) is 0.0332. The summed E-state index contributed by atoms with van der Waals surface area (Å²) in [7, 11) is 0. The molecule has 0 heterocycles. The molecule has 2 nitrogen and oxygen atoms in total. The van der Waals surface area contributed by atoms with Crippen LogP contribution in [0.15, 0.2) is 18.2 Å². The molecule has 0 saturated carbocycles. The summed E-state index contributed by atoms with van der Waals surface area (Å²) in [4.78, 5) is 12.0. The van der Waals surface area contributed by atoms with Crippen molar-refractivity contribution in [2.75, 3.05) is 0 Å². The van der Waals surface area contributed by atoms with Gasteiger partial charge < -0.3 is 5.32 Å². The van der Waals surface area contributed by atoms with Crippen molar-refractivity contribution in [2.24, 2.45) is 0 Å². The normalized spacial score (nSPS) is 15.2. The van der Waals surface area contributed by atoms with Gasteiger partial charge in [-0.2, -0.15) is 0 Å². The summed E-state index contributed by atoms with van der Waals surface area (Å²) in [5.41, 5.74) is 3.40. The Kier molecular flexibility index (Phi) is 3.23. The molecule has 1 aromatic carbocycles. The van der Waals surface area contributed by atoms with Crippen molar-refractivity contribution in [1.82, 2.24) is 5.32 Å². The minimum absolute atomic E-state index is 0.0332. The smallest absolute Gasteiger partial charge is 0.251 e. The SMILES string of the molecule is CC(C)(C)NC(=O)c1ccc2c(c1)CCCC2. The fraction of sp³-hybridized carbons (Fsp3) is 0.533. The third-order valence-electron chi connectivity index (χ3n) is 3.10. The number of nitrogens with one attached hydrogen (secondary N) is 1. The molecule has 0 radical (unpaired) electrons. The monoisotopic (exact) mass is 231 g/mol. The topological polar surface area (TPSA) is 29.1 Å². The Labute approximate surface area is 103 Å². The van der Waals surface area contributed by atoms with Crippen LogP contribution in [0.2, 0.25) is 0 Å². The maximum atomic E-state index is 12.0. The fourth-order valence-electron chi connectivity index (χ4n) is 2.29. The minimum atomic E-state index is -0.174. The van der Waals surface area contributed by atoms with Gasteiger partial charge in [-0.3, -0.25) is 4.79 Å². The lowest BCUT2D eigenvalue weighted by Gasteiger charge is -2.21. The van der Waals surface area contributed by atoms with Gasteiger partial charge in [-0.1, -0.05) is 6.07 Å². The average molecular weight is 231 g/mol.